The number of fused-ring (bicyclic) bond motifs is 5. The zero-order chi connectivity index (χ0) is 21.1. The maximum absolute atomic E-state index is 12.8. The van der Waals surface area contributed by atoms with Crippen LogP contribution in [0.25, 0.3) is 0 Å². The number of ketones is 1. The van der Waals surface area contributed by atoms with Crippen LogP contribution < -0.4 is 0 Å². The molecule has 4 fully saturated rings. The molecule has 30 heavy (non-hydrogen) atoms. The van der Waals surface area contributed by atoms with E-state index >= 15 is 0 Å². The summed E-state index contributed by atoms with van der Waals surface area (Å²) in [7, 11) is 0. The Balaban J connectivity index is 1.40. The van der Waals surface area contributed by atoms with Crippen molar-refractivity contribution in [2.45, 2.75) is 103 Å². The molecular weight excluding hydrogens is 376 g/mol. The van der Waals surface area contributed by atoms with Gasteiger partial charge in [-0.1, -0.05) is 19.4 Å². The van der Waals surface area contributed by atoms with E-state index in [9.17, 15) is 14.7 Å². The van der Waals surface area contributed by atoms with E-state index in [1.54, 1.807) is 0 Å². The van der Waals surface area contributed by atoms with E-state index in [4.69, 9.17) is 4.74 Å². The maximum atomic E-state index is 12.8. The molecule has 4 saturated carbocycles. The van der Waals surface area contributed by atoms with E-state index < -0.39 is 0 Å². The molecule has 5 rings (SSSR count). The fourth-order valence-corrected chi connectivity index (χ4v) is 8.46. The first kappa shape index (κ1) is 20.7. The number of hydrogen-bond donors (Lipinski definition) is 1. The van der Waals surface area contributed by atoms with Gasteiger partial charge in [-0.2, -0.15) is 0 Å². The number of esters is 1. The number of ether oxygens (including phenoxy) is 1. The lowest BCUT2D eigenvalue weighted by Crippen LogP contribution is -2.54. The minimum Gasteiger partial charge on any atom is -0.462 e. The van der Waals surface area contributed by atoms with Crippen LogP contribution in [0.2, 0.25) is 0 Å². The standard InChI is InChI=1S/C26H38O4/c1-25-12-11-22-20(21(25)9-10-23(25)28)8-7-16-13-18(27)14-17(26(16,22)2)15-24(29)30-19-5-3-4-6-19/h13,17,19-23,28H,3-12,14-15H2,1-2H3/t17?,20-,21-,22-,23-,25-,26+/m0/s1. The quantitative estimate of drug-likeness (QED) is 0.662. The zero-order valence-corrected chi connectivity index (χ0v) is 18.7. The second-order valence-electron chi connectivity index (χ2n) is 11.5. The van der Waals surface area contributed by atoms with Crippen LogP contribution in [-0.4, -0.2) is 29.1 Å². The van der Waals surface area contributed by atoms with E-state index in [0.29, 0.717) is 30.6 Å². The third kappa shape index (κ3) is 3.12. The van der Waals surface area contributed by atoms with Crippen molar-refractivity contribution in [2.75, 3.05) is 0 Å². The highest BCUT2D eigenvalue weighted by atomic mass is 16.5. The number of hydrogen-bond acceptors (Lipinski definition) is 4. The van der Waals surface area contributed by atoms with Crippen molar-refractivity contribution in [3.63, 3.8) is 0 Å². The number of carbonyl (C=O) groups excluding carboxylic acids is 2. The fraction of sp³-hybridized carbons (Fsp3) is 0.846. The molecule has 4 heteroatoms. The van der Waals surface area contributed by atoms with Gasteiger partial charge in [-0.15, -0.1) is 0 Å². The summed E-state index contributed by atoms with van der Waals surface area (Å²) in [6.07, 6.45) is 13.3. The lowest BCUT2D eigenvalue weighted by molar-refractivity contribution is -0.153. The molecule has 0 heterocycles. The molecule has 4 nitrogen and oxygen atoms in total. The molecule has 0 aromatic carbocycles. The first-order valence-electron chi connectivity index (χ1n) is 12.4. The van der Waals surface area contributed by atoms with E-state index in [0.717, 1.165) is 64.2 Å². The molecule has 0 amide bonds. The van der Waals surface area contributed by atoms with Crippen molar-refractivity contribution < 1.29 is 19.4 Å². The summed E-state index contributed by atoms with van der Waals surface area (Å²) in [6, 6.07) is 0. The van der Waals surface area contributed by atoms with Gasteiger partial charge < -0.3 is 9.84 Å². The highest BCUT2D eigenvalue weighted by molar-refractivity contribution is 5.92. The topological polar surface area (TPSA) is 63.6 Å². The third-order valence-electron chi connectivity index (χ3n) is 10.2. The molecule has 0 saturated heterocycles. The lowest BCUT2D eigenvalue weighted by atomic mass is 9.45. The number of rotatable bonds is 3. The molecule has 5 aliphatic carbocycles. The summed E-state index contributed by atoms with van der Waals surface area (Å²) >= 11 is 0. The Hall–Kier alpha value is -1.16. The highest BCUT2D eigenvalue weighted by Crippen LogP contribution is 2.66. The number of aliphatic hydroxyl groups is 1. The predicted molar refractivity (Wildman–Crippen MR) is 115 cm³/mol. The summed E-state index contributed by atoms with van der Waals surface area (Å²) in [6.45, 7) is 4.66. The minimum atomic E-state index is -0.168. The summed E-state index contributed by atoms with van der Waals surface area (Å²) in [5, 5.41) is 10.7. The molecule has 7 atom stereocenters. The number of carbonyl (C=O) groups is 2. The zero-order valence-electron chi connectivity index (χ0n) is 18.7. The summed E-state index contributed by atoms with van der Waals surface area (Å²) in [4.78, 5) is 25.4. The molecule has 0 aliphatic heterocycles. The first-order chi connectivity index (χ1) is 14.3. The van der Waals surface area contributed by atoms with Gasteiger partial charge in [-0.3, -0.25) is 9.59 Å². The van der Waals surface area contributed by atoms with Gasteiger partial charge in [0.05, 0.1) is 6.10 Å². The van der Waals surface area contributed by atoms with E-state index in [1.165, 1.54) is 5.57 Å². The summed E-state index contributed by atoms with van der Waals surface area (Å²) in [5.41, 5.74) is 1.27. The second-order valence-corrected chi connectivity index (χ2v) is 11.5. The first-order valence-corrected chi connectivity index (χ1v) is 12.4. The molecule has 166 valence electrons. The van der Waals surface area contributed by atoms with Gasteiger partial charge in [0.2, 0.25) is 0 Å². The van der Waals surface area contributed by atoms with Crippen LogP contribution in [0.15, 0.2) is 11.6 Å². The molecule has 1 unspecified atom stereocenters. The Morgan fingerprint density at radius 3 is 2.63 bits per heavy atom. The lowest BCUT2D eigenvalue weighted by Gasteiger charge is -2.59. The second kappa shape index (κ2) is 7.46. The van der Waals surface area contributed by atoms with Gasteiger partial charge in [0.15, 0.2) is 5.78 Å². The van der Waals surface area contributed by atoms with Crippen molar-refractivity contribution in [1.82, 2.24) is 0 Å². The molecule has 1 N–H and O–H groups in total. The van der Waals surface area contributed by atoms with Gasteiger partial charge in [-0.25, -0.2) is 0 Å². The van der Waals surface area contributed by atoms with E-state index in [-0.39, 0.29) is 40.7 Å². The normalized spacial score (nSPS) is 46.0. The number of allylic oxidation sites excluding steroid dienone is 1. The molecule has 0 radical (unpaired) electrons. The van der Waals surface area contributed by atoms with Crippen molar-refractivity contribution in [3.05, 3.63) is 11.6 Å². The molecule has 0 aromatic rings. The van der Waals surface area contributed by atoms with Gasteiger partial charge in [0, 0.05) is 12.8 Å². The Bertz CT molecular complexity index is 750. The van der Waals surface area contributed by atoms with Crippen molar-refractivity contribution >= 4 is 11.8 Å². The molecule has 0 bridgehead atoms. The van der Waals surface area contributed by atoms with Crippen LogP contribution in [0.3, 0.4) is 0 Å². The predicted octanol–water partition coefficient (Wildman–Crippen LogP) is 4.98. The van der Waals surface area contributed by atoms with Gasteiger partial charge in [0.1, 0.15) is 6.10 Å². The Labute approximate surface area is 180 Å². The highest BCUT2D eigenvalue weighted by Gasteiger charge is 2.60. The fourth-order valence-electron chi connectivity index (χ4n) is 8.46. The monoisotopic (exact) mass is 414 g/mol. The van der Waals surface area contributed by atoms with Crippen LogP contribution in [-0.2, 0) is 14.3 Å². The van der Waals surface area contributed by atoms with Crippen LogP contribution in [0.4, 0.5) is 0 Å². The average molecular weight is 415 g/mol. The van der Waals surface area contributed by atoms with Crippen molar-refractivity contribution in [3.8, 4) is 0 Å². The molecule has 0 aromatic heterocycles. The SMILES string of the molecule is C[C@]12CC[C@H]3[C@@H](CCC4=CC(=O)CC(CC(=O)OC5CCCC5)[C@@]43C)[C@@H]1CC[C@@H]2O. The van der Waals surface area contributed by atoms with Crippen LogP contribution in [0, 0.1) is 34.5 Å². The molecule has 0 spiro atoms. The molecular formula is C26H38O4. The third-order valence-corrected chi connectivity index (χ3v) is 10.2. The maximum Gasteiger partial charge on any atom is 0.306 e. The Morgan fingerprint density at radius 1 is 1.10 bits per heavy atom. The smallest absolute Gasteiger partial charge is 0.306 e. The van der Waals surface area contributed by atoms with Gasteiger partial charge in [-0.05, 0) is 105 Å². The average Bonchev–Trinajstić information content (AvgIpc) is 3.31. The van der Waals surface area contributed by atoms with Crippen molar-refractivity contribution in [1.29, 1.82) is 0 Å². The van der Waals surface area contributed by atoms with Crippen LogP contribution >= 0.6 is 0 Å². The van der Waals surface area contributed by atoms with Crippen LogP contribution in [0.5, 0.6) is 0 Å². The number of aliphatic hydroxyl groups excluding tert-OH is 1. The Kier molecular flexibility index (Phi) is 5.16. The molecule has 5 aliphatic rings. The van der Waals surface area contributed by atoms with Crippen molar-refractivity contribution in [2.24, 2.45) is 34.5 Å². The minimum absolute atomic E-state index is 0.0557. The van der Waals surface area contributed by atoms with Crippen LogP contribution in [0.1, 0.15) is 90.9 Å². The van der Waals surface area contributed by atoms with Gasteiger partial charge in [0.25, 0.3) is 0 Å². The largest absolute Gasteiger partial charge is 0.462 e. The Morgan fingerprint density at radius 2 is 1.87 bits per heavy atom. The summed E-state index contributed by atoms with van der Waals surface area (Å²) < 4.78 is 5.81. The summed E-state index contributed by atoms with van der Waals surface area (Å²) in [5.74, 6) is 1.84. The van der Waals surface area contributed by atoms with Gasteiger partial charge >= 0.3 is 5.97 Å². The van der Waals surface area contributed by atoms with E-state index in [2.05, 4.69) is 13.8 Å². The van der Waals surface area contributed by atoms with E-state index in [1.807, 2.05) is 6.08 Å².